The largest absolute Gasteiger partial charge is 0.329 e. The second kappa shape index (κ2) is 5.90. The minimum Gasteiger partial charge on any atom is -0.329 e. The fraction of sp³-hybridized carbons (Fsp3) is 0.333. The van der Waals surface area contributed by atoms with Crippen molar-refractivity contribution in [3.63, 3.8) is 0 Å². The summed E-state index contributed by atoms with van der Waals surface area (Å²) in [6.07, 6.45) is 1.13. The zero-order valence-corrected chi connectivity index (χ0v) is 9.49. The van der Waals surface area contributed by atoms with E-state index < -0.39 is 0 Å². The maximum absolute atomic E-state index is 11.5. The summed E-state index contributed by atoms with van der Waals surface area (Å²) >= 11 is 0. The quantitative estimate of drug-likeness (QED) is 0.748. The van der Waals surface area contributed by atoms with Crippen LogP contribution in [0.2, 0.25) is 0 Å². The number of rotatable bonds is 5. The van der Waals surface area contributed by atoms with E-state index in [1.807, 2.05) is 13.8 Å². The van der Waals surface area contributed by atoms with Crippen LogP contribution < -0.4 is 10.6 Å². The molecule has 0 saturated heterocycles. The van der Waals surface area contributed by atoms with Gasteiger partial charge in [0.25, 0.3) is 0 Å². The average molecular weight is 220 g/mol. The third-order valence-corrected chi connectivity index (χ3v) is 1.99. The lowest BCUT2D eigenvalue weighted by molar-refractivity contribution is -0.116. The van der Waals surface area contributed by atoms with Crippen molar-refractivity contribution in [3.05, 3.63) is 24.3 Å². The van der Waals surface area contributed by atoms with Gasteiger partial charge in [-0.25, -0.2) is 0 Å². The van der Waals surface area contributed by atoms with Crippen molar-refractivity contribution in [1.29, 1.82) is 0 Å². The zero-order chi connectivity index (χ0) is 12.0. The molecule has 4 nitrogen and oxygen atoms in total. The van der Waals surface area contributed by atoms with Crippen LogP contribution in [0.1, 0.15) is 20.3 Å². The molecule has 0 aliphatic rings. The third-order valence-electron chi connectivity index (χ3n) is 1.99. The molecule has 0 spiro atoms. The van der Waals surface area contributed by atoms with Crippen LogP contribution in [0.5, 0.6) is 0 Å². The molecule has 0 saturated carbocycles. The minimum absolute atomic E-state index is 0.00564. The number of amides is 2. The maximum Gasteiger partial charge on any atom is 0.224 e. The third kappa shape index (κ3) is 4.13. The topological polar surface area (TPSA) is 58.2 Å². The minimum atomic E-state index is 0.00564. The number of hydrogen-bond acceptors (Lipinski definition) is 2. The van der Waals surface area contributed by atoms with Gasteiger partial charge in [-0.15, -0.1) is 0 Å². The molecule has 0 fully saturated rings. The highest BCUT2D eigenvalue weighted by Gasteiger charge is 2.04. The predicted octanol–water partition coefficient (Wildman–Crippen LogP) is 2.24. The number of hydrogen-bond donors (Lipinski definition) is 2. The Morgan fingerprint density at radius 1 is 1.25 bits per heavy atom. The molecule has 1 aromatic carbocycles. The van der Waals surface area contributed by atoms with Gasteiger partial charge in [0.2, 0.25) is 12.3 Å². The van der Waals surface area contributed by atoms with Gasteiger partial charge in [-0.3, -0.25) is 9.59 Å². The lowest BCUT2D eigenvalue weighted by atomic mass is 10.1. The first-order chi connectivity index (χ1) is 7.61. The van der Waals surface area contributed by atoms with Crippen LogP contribution in [0.3, 0.4) is 0 Å². The number of carbonyl (C=O) groups excluding carboxylic acids is 2. The number of benzene rings is 1. The second-order valence-electron chi connectivity index (χ2n) is 3.99. The summed E-state index contributed by atoms with van der Waals surface area (Å²) < 4.78 is 0. The molecule has 0 aliphatic heterocycles. The summed E-state index contributed by atoms with van der Waals surface area (Å²) in [5, 5.41) is 5.31. The highest BCUT2D eigenvalue weighted by molar-refractivity contribution is 5.91. The van der Waals surface area contributed by atoms with Gasteiger partial charge in [0, 0.05) is 17.8 Å². The van der Waals surface area contributed by atoms with E-state index in [4.69, 9.17) is 0 Å². The Morgan fingerprint density at radius 2 is 1.81 bits per heavy atom. The molecule has 0 aliphatic carbocycles. The molecule has 16 heavy (non-hydrogen) atoms. The van der Waals surface area contributed by atoms with Crippen LogP contribution in [0.4, 0.5) is 11.4 Å². The Kier molecular flexibility index (Phi) is 4.51. The van der Waals surface area contributed by atoms with E-state index in [1.165, 1.54) is 0 Å². The molecular formula is C12H16N2O2. The van der Waals surface area contributed by atoms with Gasteiger partial charge >= 0.3 is 0 Å². The first kappa shape index (κ1) is 12.2. The van der Waals surface area contributed by atoms with E-state index in [0.717, 1.165) is 5.69 Å². The molecular weight excluding hydrogens is 204 g/mol. The Bertz CT molecular complexity index is 358. The molecule has 86 valence electrons. The van der Waals surface area contributed by atoms with Crippen molar-refractivity contribution in [1.82, 2.24) is 0 Å². The molecule has 1 rings (SSSR count). The van der Waals surface area contributed by atoms with Crippen LogP contribution in [0, 0.1) is 5.92 Å². The zero-order valence-electron chi connectivity index (χ0n) is 9.49. The van der Waals surface area contributed by atoms with E-state index >= 15 is 0 Å². The van der Waals surface area contributed by atoms with E-state index in [1.54, 1.807) is 24.3 Å². The Hall–Kier alpha value is -1.84. The van der Waals surface area contributed by atoms with Crippen LogP contribution in [-0.4, -0.2) is 12.3 Å². The van der Waals surface area contributed by atoms with Crippen LogP contribution in [0.25, 0.3) is 0 Å². The molecule has 0 unspecified atom stereocenters. The SMILES string of the molecule is CC(C)CC(=O)Nc1ccc(NC=O)cc1. The average Bonchev–Trinajstić information content (AvgIpc) is 2.20. The monoisotopic (exact) mass is 220 g/mol. The summed E-state index contributed by atoms with van der Waals surface area (Å²) in [7, 11) is 0. The van der Waals surface area contributed by atoms with Crippen molar-refractivity contribution < 1.29 is 9.59 Å². The standard InChI is InChI=1S/C12H16N2O2/c1-9(2)7-12(16)14-11-5-3-10(4-6-11)13-8-15/h3-6,8-9H,7H2,1-2H3,(H,13,15)(H,14,16). The normalized spacial score (nSPS) is 9.94. The van der Waals surface area contributed by atoms with Crippen LogP contribution in [0.15, 0.2) is 24.3 Å². The lowest BCUT2D eigenvalue weighted by Crippen LogP contribution is -2.13. The fourth-order valence-corrected chi connectivity index (χ4v) is 1.30. The summed E-state index contributed by atoms with van der Waals surface area (Å²) in [5.74, 6) is 0.349. The summed E-state index contributed by atoms with van der Waals surface area (Å²) in [6, 6.07) is 6.98. The van der Waals surface area contributed by atoms with Crippen molar-refractivity contribution >= 4 is 23.7 Å². The molecule has 4 heteroatoms. The summed E-state index contributed by atoms with van der Waals surface area (Å²) in [5.41, 5.74) is 1.44. The first-order valence-electron chi connectivity index (χ1n) is 5.22. The molecule has 0 heterocycles. The Labute approximate surface area is 95.0 Å². The van der Waals surface area contributed by atoms with Gasteiger partial charge in [-0.05, 0) is 30.2 Å². The van der Waals surface area contributed by atoms with Gasteiger partial charge in [0.1, 0.15) is 0 Å². The smallest absolute Gasteiger partial charge is 0.224 e. The number of carbonyl (C=O) groups is 2. The van der Waals surface area contributed by atoms with E-state index in [0.29, 0.717) is 24.4 Å². The fourth-order valence-electron chi connectivity index (χ4n) is 1.30. The highest BCUT2D eigenvalue weighted by Crippen LogP contribution is 2.13. The number of nitrogens with one attached hydrogen (secondary N) is 2. The lowest BCUT2D eigenvalue weighted by Gasteiger charge is -2.07. The molecule has 0 aromatic heterocycles. The predicted molar refractivity (Wildman–Crippen MR) is 64.2 cm³/mol. The van der Waals surface area contributed by atoms with Gasteiger partial charge in [0.15, 0.2) is 0 Å². The molecule has 0 radical (unpaired) electrons. The van der Waals surface area contributed by atoms with Crippen molar-refractivity contribution in [2.45, 2.75) is 20.3 Å². The van der Waals surface area contributed by atoms with E-state index in [2.05, 4.69) is 10.6 Å². The van der Waals surface area contributed by atoms with Gasteiger partial charge in [0.05, 0.1) is 0 Å². The van der Waals surface area contributed by atoms with Crippen molar-refractivity contribution in [2.75, 3.05) is 10.6 Å². The summed E-state index contributed by atoms with van der Waals surface area (Å²) in [6.45, 7) is 3.99. The van der Waals surface area contributed by atoms with Gasteiger partial charge < -0.3 is 10.6 Å². The van der Waals surface area contributed by atoms with E-state index in [9.17, 15) is 9.59 Å². The Morgan fingerprint density at radius 3 is 2.31 bits per heavy atom. The Balaban J connectivity index is 2.54. The highest BCUT2D eigenvalue weighted by atomic mass is 16.1. The van der Waals surface area contributed by atoms with Crippen molar-refractivity contribution in [3.8, 4) is 0 Å². The van der Waals surface area contributed by atoms with E-state index in [-0.39, 0.29) is 5.91 Å². The number of anilines is 2. The van der Waals surface area contributed by atoms with Crippen LogP contribution >= 0.6 is 0 Å². The molecule has 1 aromatic rings. The van der Waals surface area contributed by atoms with Gasteiger partial charge in [-0.2, -0.15) is 0 Å². The molecule has 2 amide bonds. The molecule has 0 atom stereocenters. The van der Waals surface area contributed by atoms with Crippen molar-refractivity contribution in [2.24, 2.45) is 5.92 Å². The van der Waals surface area contributed by atoms with Gasteiger partial charge in [-0.1, -0.05) is 13.8 Å². The summed E-state index contributed by atoms with van der Waals surface area (Å²) in [4.78, 5) is 21.6. The second-order valence-corrected chi connectivity index (χ2v) is 3.99. The van der Waals surface area contributed by atoms with Crippen LogP contribution in [-0.2, 0) is 9.59 Å². The molecule has 0 bridgehead atoms. The molecule has 2 N–H and O–H groups in total. The first-order valence-corrected chi connectivity index (χ1v) is 5.22. The maximum atomic E-state index is 11.5.